The average molecular weight is 359 g/mol. The first-order valence-corrected chi connectivity index (χ1v) is 8.76. The first-order chi connectivity index (χ1) is 12.7. The van der Waals surface area contributed by atoms with Crippen LogP contribution in [0.4, 0.5) is 5.69 Å². The summed E-state index contributed by atoms with van der Waals surface area (Å²) in [6.45, 7) is 0. The largest absolute Gasteiger partial charge is 0.321 e. The van der Waals surface area contributed by atoms with E-state index in [4.69, 9.17) is 11.6 Å². The Hall–Kier alpha value is -3.09. The van der Waals surface area contributed by atoms with Crippen molar-refractivity contribution in [3.63, 3.8) is 0 Å². The number of carbonyl (C=O) groups is 1. The predicted molar refractivity (Wildman–Crippen MR) is 105 cm³/mol. The maximum atomic E-state index is 12.5. The van der Waals surface area contributed by atoms with E-state index in [-0.39, 0.29) is 5.57 Å². The Morgan fingerprint density at radius 3 is 2.50 bits per heavy atom. The molecule has 0 saturated carbocycles. The third-order valence-electron chi connectivity index (χ3n) is 4.68. The highest BCUT2D eigenvalue weighted by molar-refractivity contribution is 6.30. The first kappa shape index (κ1) is 16.4. The van der Waals surface area contributed by atoms with Crippen LogP contribution in [-0.4, -0.2) is 5.91 Å². The average Bonchev–Trinajstić information content (AvgIpc) is 3.08. The van der Waals surface area contributed by atoms with Crippen LogP contribution >= 0.6 is 11.6 Å². The molecule has 0 heterocycles. The van der Waals surface area contributed by atoms with E-state index >= 15 is 0 Å². The number of hydrogen-bond donors (Lipinski definition) is 1. The van der Waals surface area contributed by atoms with E-state index in [0.29, 0.717) is 10.7 Å². The van der Waals surface area contributed by atoms with Gasteiger partial charge >= 0.3 is 0 Å². The molecule has 0 unspecified atom stereocenters. The molecule has 0 bridgehead atoms. The number of amides is 1. The molecule has 1 aliphatic carbocycles. The summed E-state index contributed by atoms with van der Waals surface area (Å²) in [4.78, 5) is 12.5. The second-order valence-electron chi connectivity index (χ2n) is 6.28. The summed E-state index contributed by atoms with van der Waals surface area (Å²) in [6, 6.07) is 19.1. The van der Waals surface area contributed by atoms with Crippen molar-refractivity contribution in [3.8, 4) is 6.07 Å². The summed E-state index contributed by atoms with van der Waals surface area (Å²) in [5, 5.41) is 15.1. The Labute approximate surface area is 156 Å². The van der Waals surface area contributed by atoms with Crippen molar-refractivity contribution < 1.29 is 4.79 Å². The highest BCUT2D eigenvalue weighted by Crippen LogP contribution is 2.33. The maximum Gasteiger partial charge on any atom is 0.266 e. The van der Waals surface area contributed by atoms with Gasteiger partial charge in [0.1, 0.15) is 11.6 Å². The normalized spacial score (nSPS) is 12.8. The molecule has 0 spiro atoms. The maximum absolute atomic E-state index is 12.5. The molecule has 1 N–H and O–H groups in total. The second-order valence-corrected chi connectivity index (χ2v) is 6.72. The van der Waals surface area contributed by atoms with Gasteiger partial charge in [-0.2, -0.15) is 5.26 Å². The van der Waals surface area contributed by atoms with Gasteiger partial charge in [0.2, 0.25) is 0 Å². The zero-order valence-electron chi connectivity index (χ0n) is 13.9. The molecular formula is C22H15ClN2O. The molecule has 0 aliphatic heterocycles. The lowest BCUT2D eigenvalue weighted by Gasteiger charge is -2.07. The van der Waals surface area contributed by atoms with Crippen LogP contribution in [0.1, 0.15) is 16.7 Å². The highest BCUT2D eigenvalue weighted by Gasteiger charge is 2.16. The van der Waals surface area contributed by atoms with Gasteiger partial charge in [-0.3, -0.25) is 4.79 Å². The van der Waals surface area contributed by atoms with E-state index in [1.165, 1.54) is 16.5 Å². The van der Waals surface area contributed by atoms with Crippen LogP contribution in [0.5, 0.6) is 0 Å². The monoisotopic (exact) mass is 358 g/mol. The Morgan fingerprint density at radius 2 is 1.77 bits per heavy atom. The molecule has 1 aliphatic rings. The van der Waals surface area contributed by atoms with Crippen LogP contribution < -0.4 is 5.32 Å². The summed E-state index contributed by atoms with van der Waals surface area (Å²) >= 11 is 5.86. The molecule has 1 amide bonds. The number of halogens is 1. The van der Waals surface area contributed by atoms with E-state index in [2.05, 4.69) is 17.4 Å². The molecule has 3 aromatic rings. The van der Waals surface area contributed by atoms with Crippen LogP contribution in [0.25, 0.3) is 16.8 Å². The third-order valence-corrected chi connectivity index (χ3v) is 4.93. The van der Waals surface area contributed by atoms with Crippen molar-refractivity contribution in [1.82, 2.24) is 0 Å². The fourth-order valence-corrected chi connectivity index (χ4v) is 3.56. The van der Waals surface area contributed by atoms with Gasteiger partial charge in [0.15, 0.2) is 0 Å². The Kier molecular flexibility index (Phi) is 4.20. The lowest BCUT2D eigenvalue weighted by molar-refractivity contribution is -0.112. The molecule has 3 nitrogen and oxygen atoms in total. The van der Waals surface area contributed by atoms with Crippen LogP contribution in [0.3, 0.4) is 0 Å². The SMILES string of the molecule is N#C/C(=C/c1ccc2c3c(cccc13)CC2)C(=O)Nc1ccc(Cl)cc1. The summed E-state index contributed by atoms with van der Waals surface area (Å²) in [5.74, 6) is -0.432. The van der Waals surface area contributed by atoms with Crippen LogP contribution in [0, 0.1) is 11.3 Å². The Bertz CT molecular complexity index is 1080. The standard InChI is InChI=1S/C22H15ClN2O/c23-18-8-10-19(11-9-18)25-22(26)17(13-24)12-16-7-6-15-5-4-14-2-1-3-20(16)21(14)15/h1-3,6-12H,4-5H2,(H,25,26)/b17-12-. The summed E-state index contributed by atoms with van der Waals surface area (Å²) in [6.07, 6.45) is 3.75. The van der Waals surface area contributed by atoms with Gasteiger partial charge in [0.05, 0.1) is 0 Å². The molecule has 126 valence electrons. The topological polar surface area (TPSA) is 52.9 Å². The lowest BCUT2D eigenvalue weighted by atomic mass is 9.98. The number of anilines is 1. The highest BCUT2D eigenvalue weighted by atomic mass is 35.5. The van der Waals surface area contributed by atoms with E-state index in [1.807, 2.05) is 24.3 Å². The van der Waals surface area contributed by atoms with Crippen molar-refractivity contribution in [3.05, 3.63) is 81.9 Å². The van der Waals surface area contributed by atoms with Gasteiger partial charge in [-0.1, -0.05) is 41.9 Å². The molecule has 4 heteroatoms. The number of aryl methyl sites for hydroxylation is 2. The van der Waals surface area contributed by atoms with Crippen molar-refractivity contribution in [2.75, 3.05) is 5.32 Å². The van der Waals surface area contributed by atoms with Crippen molar-refractivity contribution >= 4 is 40.0 Å². The van der Waals surface area contributed by atoms with Gasteiger partial charge in [-0.25, -0.2) is 0 Å². The lowest BCUT2D eigenvalue weighted by Crippen LogP contribution is -2.13. The van der Waals surface area contributed by atoms with Crippen LogP contribution in [0.2, 0.25) is 5.02 Å². The summed E-state index contributed by atoms with van der Waals surface area (Å²) in [7, 11) is 0. The minimum atomic E-state index is -0.432. The Balaban J connectivity index is 1.70. The van der Waals surface area contributed by atoms with Gasteiger partial charge in [0, 0.05) is 10.7 Å². The fourth-order valence-electron chi connectivity index (χ4n) is 3.43. The molecule has 3 aromatic carbocycles. The molecule has 0 fully saturated rings. The van der Waals surface area contributed by atoms with Gasteiger partial charge < -0.3 is 5.32 Å². The van der Waals surface area contributed by atoms with Crippen molar-refractivity contribution in [2.45, 2.75) is 12.8 Å². The number of nitrogens with zero attached hydrogens (tertiary/aromatic N) is 1. The second kappa shape index (κ2) is 6.67. The number of benzene rings is 3. The quantitative estimate of drug-likeness (QED) is 0.520. The molecule has 26 heavy (non-hydrogen) atoms. The van der Waals surface area contributed by atoms with Crippen LogP contribution in [0.15, 0.2) is 60.2 Å². The van der Waals surface area contributed by atoms with Gasteiger partial charge in [-0.05, 0) is 70.6 Å². The third kappa shape index (κ3) is 2.96. The van der Waals surface area contributed by atoms with Gasteiger partial charge in [-0.15, -0.1) is 0 Å². The van der Waals surface area contributed by atoms with E-state index in [1.54, 1.807) is 30.3 Å². The molecule has 0 aromatic heterocycles. The molecule has 0 saturated heterocycles. The van der Waals surface area contributed by atoms with Crippen LogP contribution in [-0.2, 0) is 17.6 Å². The zero-order chi connectivity index (χ0) is 18.1. The smallest absolute Gasteiger partial charge is 0.266 e. The molecule has 4 rings (SSSR count). The number of hydrogen-bond acceptors (Lipinski definition) is 2. The molecule has 0 atom stereocenters. The molecule has 0 radical (unpaired) electrons. The summed E-state index contributed by atoms with van der Waals surface area (Å²) < 4.78 is 0. The molecular weight excluding hydrogens is 344 g/mol. The number of rotatable bonds is 3. The number of carbonyl (C=O) groups excluding carboxylic acids is 1. The number of nitriles is 1. The zero-order valence-corrected chi connectivity index (χ0v) is 14.7. The van der Waals surface area contributed by atoms with E-state index < -0.39 is 5.91 Å². The van der Waals surface area contributed by atoms with E-state index in [9.17, 15) is 10.1 Å². The van der Waals surface area contributed by atoms with Crippen molar-refractivity contribution in [1.29, 1.82) is 5.26 Å². The number of nitrogens with one attached hydrogen (secondary N) is 1. The minimum absolute atomic E-state index is 0.0682. The predicted octanol–water partition coefficient (Wildman–Crippen LogP) is 5.14. The van der Waals surface area contributed by atoms with Crippen molar-refractivity contribution in [2.24, 2.45) is 0 Å². The first-order valence-electron chi connectivity index (χ1n) is 8.38. The summed E-state index contributed by atoms with van der Waals surface area (Å²) in [5.41, 5.74) is 4.21. The minimum Gasteiger partial charge on any atom is -0.321 e. The fraction of sp³-hybridized carbons (Fsp3) is 0.0909. The van der Waals surface area contributed by atoms with Gasteiger partial charge in [0.25, 0.3) is 5.91 Å². The van der Waals surface area contributed by atoms with E-state index in [0.717, 1.165) is 23.8 Å². The Morgan fingerprint density at radius 1 is 1.04 bits per heavy atom.